The van der Waals surface area contributed by atoms with Crippen molar-refractivity contribution in [2.45, 2.75) is 26.3 Å². The Balaban J connectivity index is 2.25. The first-order valence-corrected chi connectivity index (χ1v) is 4.85. The Kier molecular flexibility index (Phi) is 1.37. The summed E-state index contributed by atoms with van der Waals surface area (Å²) < 4.78 is 0. The second kappa shape index (κ2) is 2.47. The van der Waals surface area contributed by atoms with Gasteiger partial charge in [-0.3, -0.25) is 0 Å². The summed E-state index contributed by atoms with van der Waals surface area (Å²) in [5, 5.41) is 3.31. The van der Waals surface area contributed by atoms with Crippen molar-refractivity contribution in [1.82, 2.24) is 15.0 Å². The molecule has 0 saturated heterocycles. The zero-order valence-electron chi connectivity index (χ0n) is 8.26. The van der Waals surface area contributed by atoms with Crippen LogP contribution in [0.25, 0.3) is 11.2 Å². The number of hydrogen-bond donors (Lipinski definition) is 2. The molecule has 1 aliphatic heterocycles. The number of rotatable bonds is 0. The van der Waals surface area contributed by atoms with Gasteiger partial charge in [-0.25, -0.2) is 9.97 Å². The van der Waals surface area contributed by atoms with Crippen LogP contribution in [0.15, 0.2) is 6.07 Å². The van der Waals surface area contributed by atoms with E-state index in [1.807, 2.05) is 13.0 Å². The molecule has 4 nitrogen and oxygen atoms in total. The standard InChI is InChI=1S/C10H12N4/c1-5-3-7-9(11-5)14-10-8(13-7)4-6(2)12-10/h3,6H,4H2,1-2H3,(H2,11,12,14). The lowest BCUT2D eigenvalue weighted by atomic mass is 10.2. The highest BCUT2D eigenvalue weighted by atomic mass is 15.1. The molecule has 0 aromatic carbocycles. The third kappa shape index (κ3) is 0.999. The fourth-order valence-electron chi connectivity index (χ4n) is 1.94. The van der Waals surface area contributed by atoms with Gasteiger partial charge in [0.25, 0.3) is 0 Å². The average Bonchev–Trinajstić information content (AvgIpc) is 2.59. The summed E-state index contributed by atoms with van der Waals surface area (Å²) in [6.45, 7) is 4.16. The number of anilines is 1. The van der Waals surface area contributed by atoms with Crippen LogP contribution in [0.3, 0.4) is 0 Å². The van der Waals surface area contributed by atoms with Gasteiger partial charge in [-0.2, -0.15) is 0 Å². The van der Waals surface area contributed by atoms with Crippen molar-refractivity contribution in [1.29, 1.82) is 0 Å². The lowest BCUT2D eigenvalue weighted by Crippen LogP contribution is -2.08. The maximum absolute atomic E-state index is 4.57. The summed E-state index contributed by atoms with van der Waals surface area (Å²) >= 11 is 0. The highest BCUT2D eigenvalue weighted by Gasteiger charge is 2.20. The Bertz CT molecular complexity index is 457. The van der Waals surface area contributed by atoms with E-state index in [1.165, 1.54) is 0 Å². The van der Waals surface area contributed by atoms with E-state index in [9.17, 15) is 0 Å². The molecule has 14 heavy (non-hydrogen) atoms. The summed E-state index contributed by atoms with van der Waals surface area (Å²) in [7, 11) is 0. The molecule has 0 aliphatic carbocycles. The van der Waals surface area contributed by atoms with Crippen LogP contribution < -0.4 is 5.32 Å². The minimum Gasteiger partial charge on any atom is -0.366 e. The number of aryl methyl sites for hydroxylation is 1. The van der Waals surface area contributed by atoms with Crippen LogP contribution >= 0.6 is 0 Å². The molecule has 2 aromatic rings. The molecule has 1 aliphatic rings. The summed E-state index contributed by atoms with van der Waals surface area (Å²) in [4.78, 5) is 12.3. The van der Waals surface area contributed by atoms with Crippen molar-refractivity contribution < 1.29 is 0 Å². The second-order valence-electron chi connectivity index (χ2n) is 3.95. The number of fused-ring (bicyclic) bond motifs is 2. The van der Waals surface area contributed by atoms with Crippen LogP contribution in [0, 0.1) is 6.92 Å². The van der Waals surface area contributed by atoms with E-state index in [4.69, 9.17) is 0 Å². The van der Waals surface area contributed by atoms with Gasteiger partial charge in [0.2, 0.25) is 0 Å². The number of aromatic amines is 1. The van der Waals surface area contributed by atoms with Crippen molar-refractivity contribution >= 4 is 17.0 Å². The molecule has 0 amide bonds. The predicted octanol–water partition coefficient (Wildman–Crippen LogP) is 1.62. The maximum Gasteiger partial charge on any atom is 0.158 e. The second-order valence-corrected chi connectivity index (χ2v) is 3.95. The summed E-state index contributed by atoms with van der Waals surface area (Å²) in [6.07, 6.45) is 0.975. The lowest BCUT2D eigenvalue weighted by molar-refractivity contribution is 0.826. The van der Waals surface area contributed by atoms with Crippen LogP contribution in [0.5, 0.6) is 0 Å². The molecule has 2 N–H and O–H groups in total. The first kappa shape index (κ1) is 7.79. The first-order valence-electron chi connectivity index (χ1n) is 4.85. The molecule has 3 rings (SSSR count). The summed E-state index contributed by atoms with van der Waals surface area (Å²) in [6, 6.07) is 2.49. The molecule has 4 heteroatoms. The Labute approximate surface area is 81.8 Å². The van der Waals surface area contributed by atoms with E-state index >= 15 is 0 Å². The highest BCUT2D eigenvalue weighted by molar-refractivity contribution is 5.75. The maximum atomic E-state index is 4.57. The van der Waals surface area contributed by atoms with E-state index < -0.39 is 0 Å². The molecule has 1 unspecified atom stereocenters. The monoisotopic (exact) mass is 188 g/mol. The molecule has 0 spiro atoms. The Morgan fingerprint density at radius 1 is 1.43 bits per heavy atom. The van der Waals surface area contributed by atoms with Crippen LogP contribution in [0.1, 0.15) is 18.3 Å². The number of nitrogens with one attached hydrogen (secondary N) is 2. The molecule has 72 valence electrons. The Morgan fingerprint density at radius 2 is 2.29 bits per heavy atom. The van der Waals surface area contributed by atoms with E-state index in [-0.39, 0.29) is 0 Å². The van der Waals surface area contributed by atoms with Crippen LogP contribution in [-0.2, 0) is 6.42 Å². The van der Waals surface area contributed by atoms with Crippen molar-refractivity contribution in [3.8, 4) is 0 Å². The fourth-order valence-corrected chi connectivity index (χ4v) is 1.94. The lowest BCUT2D eigenvalue weighted by Gasteiger charge is -1.99. The summed E-state index contributed by atoms with van der Waals surface area (Å²) in [5.74, 6) is 0.937. The van der Waals surface area contributed by atoms with E-state index in [0.717, 1.165) is 34.8 Å². The molecule has 0 bridgehead atoms. The van der Waals surface area contributed by atoms with Crippen LogP contribution in [0.2, 0.25) is 0 Å². The number of aromatic nitrogens is 3. The molecule has 1 atom stereocenters. The quantitative estimate of drug-likeness (QED) is 0.660. The van der Waals surface area contributed by atoms with Gasteiger partial charge in [0.15, 0.2) is 11.5 Å². The van der Waals surface area contributed by atoms with Crippen molar-refractivity contribution in [2.24, 2.45) is 0 Å². The number of hydrogen-bond acceptors (Lipinski definition) is 3. The Hall–Kier alpha value is -1.58. The molecule has 0 fully saturated rings. The van der Waals surface area contributed by atoms with E-state index in [1.54, 1.807) is 0 Å². The van der Waals surface area contributed by atoms with E-state index in [2.05, 4.69) is 27.2 Å². The third-order valence-corrected chi connectivity index (χ3v) is 2.55. The zero-order chi connectivity index (χ0) is 9.71. The van der Waals surface area contributed by atoms with Crippen molar-refractivity contribution in [3.63, 3.8) is 0 Å². The first-order chi connectivity index (χ1) is 6.72. The van der Waals surface area contributed by atoms with Gasteiger partial charge in [0.1, 0.15) is 5.52 Å². The van der Waals surface area contributed by atoms with Crippen molar-refractivity contribution in [2.75, 3.05) is 5.32 Å². The van der Waals surface area contributed by atoms with Gasteiger partial charge in [-0.1, -0.05) is 0 Å². The molecule has 0 radical (unpaired) electrons. The average molecular weight is 188 g/mol. The minimum absolute atomic E-state index is 0.456. The van der Waals surface area contributed by atoms with Gasteiger partial charge >= 0.3 is 0 Å². The van der Waals surface area contributed by atoms with Crippen LogP contribution in [-0.4, -0.2) is 21.0 Å². The minimum atomic E-state index is 0.456. The molecular weight excluding hydrogens is 176 g/mol. The topological polar surface area (TPSA) is 53.6 Å². The summed E-state index contributed by atoms with van der Waals surface area (Å²) in [5.41, 5.74) is 4.04. The molecule has 2 aromatic heterocycles. The zero-order valence-corrected chi connectivity index (χ0v) is 8.26. The highest BCUT2D eigenvalue weighted by Crippen LogP contribution is 2.24. The molecule has 0 saturated carbocycles. The number of H-pyrrole nitrogens is 1. The van der Waals surface area contributed by atoms with Gasteiger partial charge < -0.3 is 10.3 Å². The Morgan fingerprint density at radius 3 is 3.14 bits per heavy atom. The molecule has 3 heterocycles. The largest absolute Gasteiger partial charge is 0.366 e. The smallest absolute Gasteiger partial charge is 0.158 e. The van der Waals surface area contributed by atoms with Gasteiger partial charge in [-0.05, 0) is 19.9 Å². The SMILES string of the molecule is Cc1cc2nc3c(nc2[nH]1)NC(C)C3. The van der Waals surface area contributed by atoms with Crippen molar-refractivity contribution in [3.05, 3.63) is 17.5 Å². The van der Waals surface area contributed by atoms with Gasteiger partial charge in [-0.15, -0.1) is 0 Å². The number of nitrogens with zero attached hydrogens (tertiary/aromatic N) is 2. The fraction of sp³-hybridized carbons (Fsp3) is 0.400. The van der Waals surface area contributed by atoms with Gasteiger partial charge in [0.05, 0.1) is 5.69 Å². The molecular formula is C10H12N4. The third-order valence-electron chi connectivity index (χ3n) is 2.55. The van der Waals surface area contributed by atoms with Crippen LogP contribution in [0.4, 0.5) is 5.82 Å². The van der Waals surface area contributed by atoms with E-state index in [0.29, 0.717) is 6.04 Å². The predicted molar refractivity (Wildman–Crippen MR) is 55.4 cm³/mol. The van der Waals surface area contributed by atoms with Gasteiger partial charge in [0, 0.05) is 18.2 Å². The normalized spacial score (nSPS) is 19.7.